The van der Waals surface area contributed by atoms with Crippen LogP contribution in [0.3, 0.4) is 0 Å². The Labute approximate surface area is 102 Å². The molecule has 0 aromatic heterocycles. The van der Waals surface area contributed by atoms with Crippen LogP contribution in [0.2, 0.25) is 5.02 Å². The summed E-state index contributed by atoms with van der Waals surface area (Å²) in [5, 5.41) is 2.45. The van der Waals surface area contributed by atoms with Crippen molar-refractivity contribution in [3.05, 3.63) is 23.2 Å². The maximum absolute atomic E-state index is 11.6. The van der Waals surface area contributed by atoms with Crippen LogP contribution in [0.15, 0.2) is 18.2 Å². The van der Waals surface area contributed by atoms with Gasteiger partial charge in [0.2, 0.25) is 5.91 Å². The second-order valence-electron chi connectivity index (χ2n) is 3.45. The highest BCUT2D eigenvalue weighted by atomic mass is 35.5. The van der Waals surface area contributed by atoms with E-state index in [1.54, 1.807) is 25.1 Å². The van der Waals surface area contributed by atoms with E-state index in [-0.39, 0.29) is 5.91 Å². The number of nitrogens with zero attached hydrogens (tertiary/aromatic N) is 1. The summed E-state index contributed by atoms with van der Waals surface area (Å²) in [6, 6.07) is 4.21. The zero-order chi connectivity index (χ0) is 11.9. The monoisotopic (exact) mass is 258 g/mol. The number of anilines is 2. The van der Waals surface area contributed by atoms with Crippen LogP contribution in [-0.2, 0) is 4.79 Å². The fraction of sp³-hybridized carbons (Fsp3) is 0.200. The summed E-state index contributed by atoms with van der Waals surface area (Å²) in [7, 11) is 0. The minimum atomic E-state index is -0.703. The third-order valence-corrected chi connectivity index (χ3v) is 2.85. The number of amides is 2. The highest BCUT2D eigenvalue weighted by molar-refractivity contribution is 6.66. The summed E-state index contributed by atoms with van der Waals surface area (Å²) in [5.74, 6) is -0.274. The Bertz CT molecular complexity index is 476. The number of benzene rings is 1. The van der Waals surface area contributed by atoms with Crippen molar-refractivity contribution < 1.29 is 9.59 Å². The molecule has 0 saturated carbocycles. The topological polar surface area (TPSA) is 49.4 Å². The smallest absolute Gasteiger partial charge is 0.321 e. The van der Waals surface area contributed by atoms with Crippen molar-refractivity contribution in [2.75, 3.05) is 10.2 Å². The third kappa shape index (κ3) is 1.74. The Morgan fingerprint density at radius 2 is 2.19 bits per heavy atom. The quantitative estimate of drug-likeness (QED) is 0.575. The van der Waals surface area contributed by atoms with E-state index in [0.717, 1.165) is 0 Å². The molecule has 0 radical (unpaired) electrons. The molecule has 84 valence electrons. The SMILES string of the molecule is C[C@H]1C(=O)Nc2ccc(Cl)cc2N1C(=O)Cl. The minimum Gasteiger partial charge on any atom is -0.322 e. The van der Waals surface area contributed by atoms with Crippen LogP contribution in [0.4, 0.5) is 16.2 Å². The van der Waals surface area contributed by atoms with E-state index in [2.05, 4.69) is 5.32 Å². The molecule has 1 N–H and O–H groups in total. The molecule has 2 rings (SSSR count). The van der Waals surface area contributed by atoms with Gasteiger partial charge in [-0.2, -0.15) is 0 Å². The zero-order valence-corrected chi connectivity index (χ0v) is 9.84. The molecule has 1 atom stereocenters. The summed E-state index contributed by atoms with van der Waals surface area (Å²) < 4.78 is 0. The average molecular weight is 259 g/mol. The number of rotatable bonds is 0. The van der Waals surface area contributed by atoms with Crippen molar-refractivity contribution in [1.29, 1.82) is 0 Å². The molecule has 4 nitrogen and oxygen atoms in total. The van der Waals surface area contributed by atoms with Crippen molar-refractivity contribution in [2.45, 2.75) is 13.0 Å². The average Bonchev–Trinajstić information content (AvgIpc) is 2.20. The molecule has 1 aliphatic rings. The highest BCUT2D eigenvalue weighted by Crippen LogP contribution is 2.35. The molecule has 0 spiro atoms. The maximum atomic E-state index is 11.6. The minimum absolute atomic E-state index is 0.274. The number of nitrogens with one attached hydrogen (secondary N) is 1. The first kappa shape index (κ1) is 11.2. The lowest BCUT2D eigenvalue weighted by molar-refractivity contribution is -0.117. The summed E-state index contributed by atoms with van der Waals surface area (Å²) >= 11 is 11.3. The van der Waals surface area contributed by atoms with Crippen LogP contribution >= 0.6 is 23.2 Å². The van der Waals surface area contributed by atoms with Gasteiger partial charge in [-0.3, -0.25) is 14.5 Å². The molecule has 1 aromatic carbocycles. The van der Waals surface area contributed by atoms with Crippen molar-refractivity contribution in [2.24, 2.45) is 0 Å². The van der Waals surface area contributed by atoms with E-state index >= 15 is 0 Å². The van der Waals surface area contributed by atoms with Crippen molar-refractivity contribution in [3.8, 4) is 0 Å². The first-order valence-electron chi connectivity index (χ1n) is 4.60. The molecule has 16 heavy (non-hydrogen) atoms. The lowest BCUT2D eigenvalue weighted by Gasteiger charge is -2.32. The van der Waals surface area contributed by atoms with Crippen LogP contribution in [0.1, 0.15) is 6.92 Å². The second-order valence-corrected chi connectivity index (χ2v) is 4.21. The predicted molar refractivity (Wildman–Crippen MR) is 63.3 cm³/mol. The number of carbonyl (C=O) groups excluding carboxylic acids is 2. The molecule has 2 amide bonds. The Balaban J connectivity index is 2.58. The molecular weight excluding hydrogens is 251 g/mol. The van der Waals surface area contributed by atoms with Crippen LogP contribution in [0, 0.1) is 0 Å². The van der Waals surface area contributed by atoms with E-state index in [1.165, 1.54) is 4.90 Å². The van der Waals surface area contributed by atoms with Crippen LogP contribution in [-0.4, -0.2) is 17.3 Å². The third-order valence-electron chi connectivity index (χ3n) is 2.43. The van der Waals surface area contributed by atoms with Gasteiger partial charge in [0.05, 0.1) is 11.4 Å². The first-order valence-corrected chi connectivity index (χ1v) is 5.35. The largest absolute Gasteiger partial charge is 0.322 e. The van der Waals surface area contributed by atoms with Crippen LogP contribution in [0.5, 0.6) is 0 Å². The molecule has 0 aliphatic carbocycles. The van der Waals surface area contributed by atoms with E-state index in [9.17, 15) is 9.59 Å². The van der Waals surface area contributed by atoms with Gasteiger partial charge in [0, 0.05) is 5.02 Å². The predicted octanol–water partition coefficient (Wildman–Crippen LogP) is 2.85. The summed E-state index contributed by atoms with van der Waals surface area (Å²) in [6.07, 6.45) is 0. The maximum Gasteiger partial charge on any atom is 0.321 e. The molecule has 1 aromatic rings. The Hall–Kier alpha value is -1.26. The summed E-state index contributed by atoms with van der Waals surface area (Å²) in [6.45, 7) is 1.60. The van der Waals surface area contributed by atoms with Gasteiger partial charge in [-0.1, -0.05) is 11.6 Å². The van der Waals surface area contributed by atoms with Gasteiger partial charge in [0.1, 0.15) is 6.04 Å². The number of halogens is 2. The second kappa shape index (κ2) is 3.96. The molecule has 1 heterocycles. The van der Waals surface area contributed by atoms with Gasteiger partial charge in [0.25, 0.3) is 0 Å². The normalized spacial score (nSPS) is 19.1. The van der Waals surface area contributed by atoms with E-state index < -0.39 is 11.4 Å². The van der Waals surface area contributed by atoms with Crippen molar-refractivity contribution in [3.63, 3.8) is 0 Å². The Kier molecular flexibility index (Phi) is 2.78. The summed E-state index contributed by atoms with van der Waals surface area (Å²) in [4.78, 5) is 24.1. The summed E-state index contributed by atoms with van der Waals surface area (Å²) in [5.41, 5.74) is 1.04. The standard InChI is InChI=1S/C10H8Cl2N2O2/c1-5-9(15)13-7-3-2-6(11)4-8(7)14(5)10(12)16/h2-5H,1H3,(H,13,15)/t5-/m0/s1. The number of fused-ring (bicyclic) bond motifs is 1. The highest BCUT2D eigenvalue weighted by Gasteiger charge is 2.33. The molecule has 1 aliphatic heterocycles. The number of hydrogen-bond donors (Lipinski definition) is 1. The molecule has 0 saturated heterocycles. The van der Waals surface area contributed by atoms with E-state index in [1.807, 2.05) is 0 Å². The lowest BCUT2D eigenvalue weighted by Crippen LogP contribution is -2.47. The van der Waals surface area contributed by atoms with Crippen molar-refractivity contribution in [1.82, 2.24) is 0 Å². The number of hydrogen-bond acceptors (Lipinski definition) is 2. The zero-order valence-electron chi connectivity index (χ0n) is 8.33. The Morgan fingerprint density at radius 1 is 1.50 bits per heavy atom. The fourth-order valence-electron chi connectivity index (χ4n) is 1.62. The number of carbonyl (C=O) groups is 2. The fourth-order valence-corrected chi connectivity index (χ4v) is 2.02. The van der Waals surface area contributed by atoms with Crippen molar-refractivity contribution >= 4 is 45.9 Å². The van der Waals surface area contributed by atoms with Gasteiger partial charge in [-0.25, -0.2) is 0 Å². The van der Waals surface area contributed by atoms with Gasteiger partial charge in [-0.05, 0) is 36.7 Å². The molecular formula is C10H8Cl2N2O2. The van der Waals surface area contributed by atoms with Gasteiger partial charge >= 0.3 is 5.37 Å². The van der Waals surface area contributed by atoms with Gasteiger partial charge < -0.3 is 5.32 Å². The Morgan fingerprint density at radius 3 is 2.81 bits per heavy atom. The lowest BCUT2D eigenvalue weighted by atomic mass is 10.1. The van der Waals surface area contributed by atoms with Gasteiger partial charge in [0.15, 0.2) is 0 Å². The molecule has 0 bridgehead atoms. The van der Waals surface area contributed by atoms with Crippen LogP contribution in [0.25, 0.3) is 0 Å². The van der Waals surface area contributed by atoms with E-state index in [0.29, 0.717) is 16.4 Å². The molecule has 0 unspecified atom stereocenters. The van der Waals surface area contributed by atoms with Gasteiger partial charge in [-0.15, -0.1) is 0 Å². The van der Waals surface area contributed by atoms with E-state index in [4.69, 9.17) is 23.2 Å². The van der Waals surface area contributed by atoms with Crippen LogP contribution < -0.4 is 10.2 Å². The first-order chi connectivity index (χ1) is 7.50. The molecule has 6 heteroatoms. The molecule has 0 fully saturated rings.